The number of hydrogen-bond donors (Lipinski definition) is 0. The van der Waals surface area contributed by atoms with E-state index in [-0.39, 0.29) is 6.17 Å². The van der Waals surface area contributed by atoms with E-state index in [4.69, 9.17) is 25.8 Å². The number of ether oxygens (including phenoxy) is 3. The molecule has 3 aromatic rings. The standard InChI is InChI=1S/C29H33ClN2O3/c1-33-26-11-5-22(6-12-26)20-31-17-4-18-32(21-23-7-13-27(34-2)14-8-23)29(31)16-9-24-19-25(30)10-15-28(24)35-3/h5-16,19,29H,4,17-18,20-21H2,1-3H3/b16-9+. The highest BCUT2D eigenvalue weighted by atomic mass is 35.5. The molecule has 0 unspecified atom stereocenters. The third kappa shape index (κ3) is 6.57. The van der Waals surface area contributed by atoms with Crippen LogP contribution in [0.3, 0.4) is 0 Å². The lowest BCUT2D eigenvalue weighted by Crippen LogP contribution is -2.51. The summed E-state index contributed by atoms with van der Waals surface area (Å²) in [7, 11) is 5.08. The fourth-order valence-corrected chi connectivity index (χ4v) is 4.70. The van der Waals surface area contributed by atoms with Crippen LogP contribution in [0.5, 0.6) is 17.2 Å². The topological polar surface area (TPSA) is 34.2 Å². The Labute approximate surface area is 213 Å². The Morgan fingerprint density at radius 3 is 1.80 bits per heavy atom. The number of rotatable bonds is 9. The van der Waals surface area contributed by atoms with Crippen molar-refractivity contribution in [2.45, 2.75) is 25.7 Å². The maximum Gasteiger partial charge on any atom is 0.126 e. The molecule has 0 N–H and O–H groups in total. The lowest BCUT2D eigenvalue weighted by Gasteiger charge is -2.43. The molecule has 1 saturated heterocycles. The third-order valence-electron chi connectivity index (χ3n) is 6.37. The molecule has 5 nitrogen and oxygen atoms in total. The Balaban J connectivity index is 1.61. The molecule has 0 radical (unpaired) electrons. The molecule has 0 atom stereocenters. The first-order valence-corrected chi connectivity index (χ1v) is 12.2. The maximum absolute atomic E-state index is 6.29. The van der Waals surface area contributed by atoms with Gasteiger partial charge in [0, 0.05) is 36.8 Å². The normalized spacial score (nSPS) is 15.4. The summed E-state index contributed by atoms with van der Waals surface area (Å²) in [4.78, 5) is 5.03. The molecule has 0 saturated carbocycles. The summed E-state index contributed by atoms with van der Waals surface area (Å²) in [5.74, 6) is 2.56. The number of halogens is 1. The highest BCUT2D eigenvalue weighted by molar-refractivity contribution is 6.30. The van der Waals surface area contributed by atoms with E-state index in [2.05, 4.69) is 46.2 Å². The Bertz CT molecular complexity index is 1060. The van der Waals surface area contributed by atoms with E-state index in [1.54, 1.807) is 21.3 Å². The molecule has 0 spiro atoms. The van der Waals surface area contributed by atoms with Gasteiger partial charge in [-0.05, 0) is 60.0 Å². The first-order valence-electron chi connectivity index (χ1n) is 11.9. The van der Waals surface area contributed by atoms with Crippen LogP contribution >= 0.6 is 11.6 Å². The predicted molar refractivity (Wildman–Crippen MR) is 142 cm³/mol. The number of nitrogens with zero attached hydrogens (tertiary/aromatic N) is 2. The second-order valence-electron chi connectivity index (χ2n) is 8.65. The van der Waals surface area contributed by atoms with Gasteiger partial charge in [-0.3, -0.25) is 9.80 Å². The summed E-state index contributed by atoms with van der Waals surface area (Å²) in [6.45, 7) is 3.75. The van der Waals surface area contributed by atoms with Crippen LogP contribution in [0.1, 0.15) is 23.1 Å². The van der Waals surface area contributed by atoms with Crippen molar-refractivity contribution >= 4 is 17.7 Å². The molecular formula is C29H33ClN2O3. The lowest BCUT2D eigenvalue weighted by atomic mass is 10.1. The van der Waals surface area contributed by atoms with E-state index in [0.29, 0.717) is 5.02 Å². The summed E-state index contributed by atoms with van der Waals surface area (Å²) >= 11 is 6.29. The monoisotopic (exact) mass is 492 g/mol. The fourth-order valence-electron chi connectivity index (χ4n) is 4.52. The van der Waals surface area contributed by atoms with Gasteiger partial charge in [-0.1, -0.05) is 48.0 Å². The SMILES string of the molecule is COc1ccc(CN2CCCN(Cc3ccc(OC)cc3)C2/C=C/c2cc(Cl)ccc2OC)cc1. The molecule has 0 aliphatic carbocycles. The quantitative estimate of drug-likeness (QED) is 0.360. The van der Waals surface area contributed by atoms with E-state index in [1.165, 1.54) is 11.1 Å². The summed E-state index contributed by atoms with van der Waals surface area (Å²) in [6, 6.07) is 22.4. The molecule has 0 aromatic heterocycles. The highest BCUT2D eigenvalue weighted by Gasteiger charge is 2.27. The summed E-state index contributed by atoms with van der Waals surface area (Å²) < 4.78 is 16.2. The number of methoxy groups -OCH3 is 3. The summed E-state index contributed by atoms with van der Waals surface area (Å²) in [5, 5.41) is 0.694. The zero-order chi connectivity index (χ0) is 24.6. The van der Waals surface area contributed by atoms with E-state index in [9.17, 15) is 0 Å². The van der Waals surface area contributed by atoms with Crippen molar-refractivity contribution in [1.82, 2.24) is 9.80 Å². The molecule has 4 rings (SSSR count). The molecule has 184 valence electrons. The largest absolute Gasteiger partial charge is 0.497 e. The summed E-state index contributed by atoms with van der Waals surface area (Å²) in [5.41, 5.74) is 3.49. The Morgan fingerprint density at radius 1 is 0.771 bits per heavy atom. The molecule has 1 heterocycles. The zero-order valence-corrected chi connectivity index (χ0v) is 21.4. The van der Waals surface area contributed by atoms with Gasteiger partial charge in [0.05, 0.1) is 27.5 Å². The lowest BCUT2D eigenvalue weighted by molar-refractivity contribution is 0.0236. The van der Waals surface area contributed by atoms with Gasteiger partial charge >= 0.3 is 0 Å². The van der Waals surface area contributed by atoms with Crippen LogP contribution in [0.4, 0.5) is 0 Å². The molecule has 1 aliphatic rings. The van der Waals surface area contributed by atoms with Gasteiger partial charge in [0.2, 0.25) is 0 Å². The van der Waals surface area contributed by atoms with Crippen molar-refractivity contribution in [3.05, 3.63) is 94.5 Å². The van der Waals surface area contributed by atoms with Gasteiger partial charge in [-0.2, -0.15) is 0 Å². The molecule has 1 aliphatic heterocycles. The van der Waals surface area contributed by atoms with Crippen LogP contribution in [0, 0.1) is 0 Å². The van der Waals surface area contributed by atoms with Crippen LogP contribution in [0.25, 0.3) is 6.08 Å². The van der Waals surface area contributed by atoms with Crippen LogP contribution in [-0.2, 0) is 13.1 Å². The Morgan fingerprint density at radius 2 is 1.31 bits per heavy atom. The Hall–Kier alpha value is -2.99. The van der Waals surface area contributed by atoms with Crippen molar-refractivity contribution in [3.63, 3.8) is 0 Å². The second kappa shape index (κ2) is 12.1. The zero-order valence-electron chi connectivity index (χ0n) is 20.6. The van der Waals surface area contributed by atoms with Gasteiger partial charge in [0.15, 0.2) is 0 Å². The van der Waals surface area contributed by atoms with Gasteiger partial charge in [-0.15, -0.1) is 0 Å². The van der Waals surface area contributed by atoms with E-state index >= 15 is 0 Å². The van der Waals surface area contributed by atoms with Crippen LogP contribution < -0.4 is 14.2 Å². The molecule has 0 amide bonds. The molecule has 1 fully saturated rings. The van der Waals surface area contributed by atoms with Crippen molar-refractivity contribution < 1.29 is 14.2 Å². The predicted octanol–water partition coefficient (Wildman–Crippen LogP) is 6.11. The first-order chi connectivity index (χ1) is 17.1. The van der Waals surface area contributed by atoms with Crippen molar-refractivity contribution in [2.24, 2.45) is 0 Å². The van der Waals surface area contributed by atoms with Crippen LogP contribution in [0.2, 0.25) is 5.02 Å². The number of benzene rings is 3. The molecule has 3 aromatic carbocycles. The van der Waals surface area contributed by atoms with E-state index in [1.807, 2.05) is 42.5 Å². The van der Waals surface area contributed by atoms with Gasteiger partial charge < -0.3 is 14.2 Å². The van der Waals surface area contributed by atoms with E-state index in [0.717, 1.165) is 55.4 Å². The molecule has 35 heavy (non-hydrogen) atoms. The highest BCUT2D eigenvalue weighted by Crippen LogP contribution is 2.27. The van der Waals surface area contributed by atoms with Crippen molar-refractivity contribution in [1.29, 1.82) is 0 Å². The van der Waals surface area contributed by atoms with Gasteiger partial charge in [0.1, 0.15) is 17.2 Å². The smallest absolute Gasteiger partial charge is 0.126 e. The average molecular weight is 493 g/mol. The molecular weight excluding hydrogens is 460 g/mol. The van der Waals surface area contributed by atoms with Crippen molar-refractivity contribution in [2.75, 3.05) is 34.4 Å². The minimum absolute atomic E-state index is 0.122. The molecule has 0 bridgehead atoms. The van der Waals surface area contributed by atoms with Gasteiger partial charge in [0.25, 0.3) is 0 Å². The summed E-state index contributed by atoms with van der Waals surface area (Å²) in [6.07, 6.45) is 5.62. The van der Waals surface area contributed by atoms with Crippen LogP contribution in [-0.4, -0.2) is 50.4 Å². The maximum atomic E-state index is 6.29. The minimum atomic E-state index is 0.122. The minimum Gasteiger partial charge on any atom is -0.497 e. The first kappa shape index (κ1) is 25.1. The third-order valence-corrected chi connectivity index (χ3v) is 6.60. The van der Waals surface area contributed by atoms with Gasteiger partial charge in [-0.25, -0.2) is 0 Å². The van der Waals surface area contributed by atoms with Crippen LogP contribution in [0.15, 0.2) is 72.8 Å². The van der Waals surface area contributed by atoms with E-state index < -0.39 is 0 Å². The number of hydrogen-bond acceptors (Lipinski definition) is 5. The second-order valence-corrected chi connectivity index (χ2v) is 9.09. The fraction of sp³-hybridized carbons (Fsp3) is 0.310. The van der Waals surface area contributed by atoms with Crippen molar-refractivity contribution in [3.8, 4) is 17.2 Å². The Kier molecular flexibility index (Phi) is 8.69. The molecule has 6 heteroatoms. The average Bonchev–Trinajstić information content (AvgIpc) is 2.89.